The molecule has 0 nitrogen and oxygen atoms in total. The smallest absolute Gasteiger partial charge is 0.000695 e. The highest BCUT2D eigenvalue weighted by Crippen LogP contribution is 2.50. The summed E-state index contributed by atoms with van der Waals surface area (Å²) >= 11 is 0. The van der Waals surface area contributed by atoms with Crippen LogP contribution in [0.1, 0.15) is 158 Å². The first-order valence-corrected chi connectivity index (χ1v) is 23.3. The van der Waals surface area contributed by atoms with Gasteiger partial charge in [-0.1, -0.05) is 204 Å². The first kappa shape index (κ1) is 41.6. The van der Waals surface area contributed by atoms with E-state index in [2.05, 4.69) is 211 Å². The van der Waals surface area contributed by atoms with Gasteiger partial charge in [-0.15, -0.1) is 0 Å². The number of aryl methyl sites for hydroxylation is 1. The maximum absolute atomic E-state index is 2.60. The van der Waals surface area contributed by atoms with Gasteiger partial charge in [-0.05, 0) is 144 Å². The Morgan fingerprint density at radius 2 is 0.655 bits per heavy atom. The van der Waals surface area contributed by atoms with E-state index in [1.807, 2.05) is 0 Å². The Balaban J connectivity index is 1.81. The van der Waals surface area contributed by atoms with Crippen LogP contribution in [0.15, 0.2) is 121 Å². The van der Waals surface area contributed by atoms with Crippen molar-refractivity contribution < 1.29 is 0 Å². The predicted molar refractivity (Wildman–Crippen MR) is 260 cm³/mol. The summed E-state index contributed by atoms with van der Waals surface area (Å²) in [5, 5.41) is 9.79. The molecular weight excluding hydrogens is 716 g/mol. The van der Waals surface area contributed by atoms with E-state index in [0.717, 1.165) is 0 Å². The van der Waals surface area contributed by atoms with E-state index in [-0.39, 0.29) is 0 Å². The number of hydrogen-bond acceptors (Lipinski definition) is 0. The van der Waals surface area contributed by atoms with Crippen molar-refractivity contribution in [3.05, 3.63) is 160 Å². The SMILES string of the molecule is Cc1cc(-c2cccc3ccccc23)c(P(c2c(C(C)C)cc(C(C)C)cc2C(C)C)c2c(C(C)C)cc(C(C)C)cc2C(C)C)c(-c2cccc3ccccc23)c1. The molecule has 298 valence electrons. The Morgan fingerprint density at radius 3 is 0.983 bits per heavy atom. The van der Waals surface area contributed by atoms with Crippen molar-refractivity contribution in [2.45, 2.75) is 126 Å². The van der Waals surface area contributed by atoms with E-state index >= 15 is 0 Å². The average molecular weight is 781 g/mol. The van der Waals surface area contributed by atoms with Crippen LogP contribution < -0.4 is 15.9 Å². The highest BCUT2D eigenvalue weighted by atomic mass is 31.1. The van der Waals surface area contributed by atoms with Crippen LogP contribution in [0, 0.1) is 6.92 Å². The van der Waals surface area contributed by atoms with Gasteiger partial charge in [0.1, 0.15) is 0 Å². The van der Waals surface area contributed by atoms with Crippen molar-refractivity contribution in [2.24, 2.45) is 0 Å². The zero-order valence-electron chi connectivity index (χ0n) is 37.5. The third kappa shape index (κ3) is 7.83. The summed E-state index contributed by atoms with van der Waals surface area (Å²) in [6.07, 6.45) is 0. The van der Waals surface area contributed by atoms with Gasteiger partial charge in [-0.3, -0.25) is 0 Å². The van der Waals surface area contributed by atoms with Crippen molar-refractivity contribution >= 4 is 45.4 Å². The Hall–Kier alpha value is -4.51. The molecule has 0 heterocycles. The Morgan fingerprint density at radius 1 is 0.328 bits per heavy atom. The van der Waals surface area contributed by atoms with Crippen LogP contribution in [0.25, 0.3) is 43.8 Å². The van der Waals surface area contributed by atoms with Gasteiger partial charge in [0.05, 0.1) is 0 Å². The lowest BCUT2D eigenvalue weighted by atomic mass is 9.89. The third-order valence-electron chi connectivity index (χ3n) is 12.3. The molecule has 0 aromatic heterocycles. The number of benzene rings is 7. The van der Waals surface area contributed by atoms with Gasteiger partial charge in [-0.2, -0.15) is 0 Å². The molecule has 0 atom stereocenters. The second-order valence-electron chi connectivity index (χ2n) is 18.6. The van der Waals surface area contributed by atoms with Crippen molar-refractivity contribution in [1.82, 2.24) is 0 Å². The molecule has 0 aliphatic carbocycles. The summed E-state index contributed by atoms with van der Waals surface area (Å²) in [4.78, 5) is 0. The molecular formula is C57H65P. The van der Waals surface area contributed by atoms with Crippen LogP contribution in [-0.2, 0) is 0 Å². The Labute approximate surface area is 351 Å². The maximum atomic E-state index is 2.60. The lowest BCUT2D eigenvalue weighted by molar-refractivity contribution is 0.811. The van der Waals surface area contributed by atoms with E-state index in [1.54, 1.807) is 10.6 Å². The second kappa shape index (κ2) is 17.0. The van der Waals surface area contributed by atoms with Gasteiger partial charge in [0.25, 0.3) is 0 Å². The zero-order valence-corrected chi connectivity index (χ0v) is 38.4. The molecule has 0 saturated heterocycles. The predicted octanol–water partition coefficient (Wildman–Crippen LogP) is 16.1. The van der Waals surface area contributed by atoms with Crippen molar-refractivity contribution in [3.8, 4) is 22.3 Å². The summed E-state index contributed by atoms with van der Waals surface area (Å²) in [7, 11) is -1.13. The van der Waals surface area contributed by atoms with Crippen LogP contribution in [0.4, 0.5) is 0 Å². The highest BCUT2D eigenvalue weighted by molar-refractivity contribution is 7.80. The van der Waals surface area contributed by atoms with Crippen LogP contribution in [0.5, 0.6) is 0 Å². The molecule has 1 heteroatoms. The monoisotopic (exact) mass is 780 g/mol. The first-order valence-electron chi connectivity index (χ1n) is 21.9. The molecule has 0 bridgehead atoms. The van der Waals surface area contributed by atoms with E-state index in [9.17, 15) is 0 Å². The molecule has 0 amide bonds. The molecule has 0 saturated carbocycles. The lowest BCUT2D eigenvalue weighted by Gasteiger charge is -2.36. The van der Waals surface area contributed by atoms with Gasteiger partial charge in [0.15, 0.2) is 0 Å². The Bertz CT molecular complexity index is 2350. The minimum absolute atomic E-state index is 0.351. The summed E-state index contributed by atoms with van der Waals surface area (Å²) in [5.74, 6) is 2.28. The molecule has 7 aromatic rings. The minimum Gasteiger partial charge on any atom is -0.0616 e. The van der Waals surface area contributed by atoms with Gasteiger partial charge in [0.2, 0.25) is 0 Å². The fourth-order valence-corrected chi connectivity index (χ4v) is 12.9. The number of rotatable bonds is 11. The number of fused-ring (bicyclic) bond motifs is 2. The summed E-state index contributed by atoms with van der Waals surface area (Å²) in [6, 6.07) is 47.4. The van der Waals surface area contributed by atoms with Crippen LogP contribution in [0.2, 0.25) is 0 Å². The third-order valence-corrected chi connectivity index (χ3v) is 15.1. The van der Waals surface area contributed by atoms with E-state index in [0.29, 0.717) is 35.5 Å². The van der Waals surface area contributed by atoms with Gasteiger partial charge >= 0.3 is 0 Å². The van der Waals surface area contributed by atoms with Crippen LogP contribution in [-0.4, -0.2) is 0 Å². The maximum Gasteiger partial charge on any atom is 0.000695 e. The fraction of sp³-hybridized carbons (Fsp3) is 0.333. The van der Waals surface area contributed by atoms with Crippen molar-refractivity contribution in [1.29, 1.82) is 0 Å². The topological polar surface area (TPSA) is 0 Å². The normalized spacial score (nSPS) is 12.3. The fourth-order valence-electron chi connectivity index (χ4n) is 9.04. The van der Waals surface area contributed by atoms with E-state index < -0.39 is 7.92 Å². The molecule has 0 radical (unpaired) electrons. The zero-order chi connectivity index (χ0) is 41.6. The van der Waals surface area contributed by atoms with E-state index in [1.165, 1.54) is 88.0 Å². The number of hydrogen-bond donors (Lipinski definition) is 0. The largest absolute Gasteiger partial charge is 0.0616 e. The summed E-state index contributed by atoms with van der Waals surface area (Å²) < 4.78 is 0. The molecule has 0 aliphatic rings. The first-order chi connectivity index (χ1) is 27.7. The molecule has 0 spiro atoms. The molecule has 0 aliphatic heterocycles. The molecule has 0 fully saturated rings. The lowest BCUT2D eigenvalue weighted by Crippen LogP contribution is -2.34. The molecule has 0 unspecified atom stereocenters. The Kier molecular flexibility index (Phi) is 12.2. The van der Waals surface area contributed by atoms with E-state index in [4.69, 9.17) is 0 Å². The minimum atomic E-state index is -1.13. The standard InChI is InChI=1S/C57H65P/c1-34(2)43-30-49(36(5)6)55(50(31-43)37(7)8)58(56-51(38(9)10)32-44(35(3)4)33-52(56)39(11)12)57-53(47-26-18-22-41-20-14-16-24-45(41)47)28-40(13)29-54(57)48-27-19-23-42-21-15-17-25-46(42)48/h14-39H,1-13H3. The molecule has 7 aromatic carbocycles. The van der Waals surface area contributed by atoms with Gasteiger partial charge in [0, 0.05) is 5.30 Å². The second-order valence-corrected chi connectivity index (χ2v) is 20.6. The molecule has 58 heavy (non-hydrogen) atoms. The molecule has 0 N–H and O–H groups in total. The van der Waals surface area contributed by atoms with Crippen LogP contribution in [0.3, 0.4) is 0 Å². The van der Waals surface area contributed by atoms with Gasteiger partial charge < -0.3 is 0 Å². The van der Waals surface area contributed by atoms with Crippen molar-refractivity contribution in [3.63, 3.8) is 0 Å². The van der Waals surface area contributed by atoms with Crippen molar-refractivity contribution in [2.75, 3.05) is 0 Å². The van der Waals surface area contributed by atoms with Crippen LogP contribution >= 0.6 is 7.92 Å². The van der Waals surface area contributed by atoms with Gasteiger partial charge in [-0.25, -0.2) is 0 Å². The molecule has 7 rings (SSSR count). The average Bonchev–Trinajstić information content (AvgIpc) is 3.20. The summed E-state index contributed by atoms with van der Waals surface area (Å²) in [5.41, 5.74) is 15.6. The quantitative estimate of drug-likeness (QED) is 0.115. The highest BCUT2D eigenvalue weighted by Gasteiger charge is 2.35. The summed E-state index contributed by atoms with van der Waals surface area (Å²) in [6.45, 7) is 31.2.